The van der Waals surface area contributed by atoms with Gasteiger partial charge in [0.1, 0.15) is 6.10 Å². The largest absolute Gasteiger partial charge is 0.505 e. The Morgan fingerprint density at radius 3 is 2.41 bits per heavy atom. The molecule has 1 aliphatic rings. The highest BCUT2D eigenvalue weighted by Crippen LogP contribution is 2.39. The van der Waals surface area contributed by atoms with Gasteiger partial charge < -0.3 is 24.9 Å². The highest BCUT2D eigenvalue weighted by Gasteiger charge is 2.55. The van der Waals surface area contributed by atoms with E-state index < -0.39 is 35.8 Å². The number of esters is 1. The summed E-state index contributed by atoms with van der Waals surface area (Å²) in [5.74, 6) is -2.60. The van der Waals surface area contributed by atoms with Crippen LogP contribution in [-0.2, 0) is 14.4 Å². The molecule has 0 saturated heterocycles. The first kappa shape index (κ1) is 13.8. The first-order valence-electron chi connectivity index (χ1n) is 5.16. The van der Waals surface area contributed by atoms with Crippen LogP contribution in [0.1, 0.15) is 20.3 Å². The van der Waals surface area contributed by atoms with Crippen molar-refractivity contribution in [3.63, 3.8) is 0 Å². The second-order valence-corrected chi connectivity index (χ2v) is 4.34. The smallest absolute Gasteiger partial charge is 0.382 e. The van der Waals surface area contributed by atoms with Gasteiger partial charge in [-0.3, -0.25) is 0 Å². The maximum Gasteiger partial charge on any atom is 0.382 e. The van der Waals surface area contributed by atoms with Crippen LogP contribution in [-0.4, -0.2) is 44.9 Å². The number of carbonyl (C=O) groups excluding carboxylic acids is 1. The number of cyclic esters (lactones) is 1. The molecule has 0 bridgehead atoms. The van der Waals surface area contributed by atoms with Crippen molar-refractivity contribution in [2.24, 2.45) is 5.92 Å². The predicted molar refractivity (Wildman–Crippen MR) is 54.7 cm³/mol. The summed E-state index contributed by atoms with van der Waals surface area (Å²) in [6.07, 6.45) is -1.42. The Kier molecular flexibility index (Phi) is 3.97. The molecule has 1 heterocycles. The molecular formula is C10H16O7. The molecular weight excluding hydrogens is 232 g/mol. The standard InChI is InChI=1S/C10H16O7/c1-5(2)3-10(6(12)4-11)8(13)7(17-15)9(14)16-10/h5-6,11-13,15H,3-4H2,1-2H3/t6-,10+/m0/s1. The quantitative estimate of drug-likeness (QED) is 0.306. The molecule has 2 atom stereocenters. The van der Waals surface area contributed by atoms with E-state index in [0.717, 1.165) is 0 Å². The zero-order valence-corrected chi connectivity index (χ0v) is 9.58. The van der Waals surface area contributed by atoms with Crippen LogP contribution in [0, 0.1) is 5.92 Å². The van der Waals surface area contributed by atoms with Crippen LogP contribution >= 0.6 is 0 Å². The summed E-state index contributed by atoms with van der Waals surface area (Å²) in [6, 6.07) is 0. The van der Waals surface area contributed by atoms with E-state index in [-0.39, 0.29) is 12.3 Å². The fraction of sp³-hybridized carbons (Fsp3) is 0.700. The van der Waals surface area contributed by atoms with Gasteiger partial charge in [-0.2, -0.15) is 0 Å². The molecule has 7 nitrogen and oxygen atoms in total. The number of carbonyl (C=O) groups is 1. The normalized spacial score (nSPS) is 26.4. The van der Waals surface area contributed by atoms with Crippen LogP contribution in [0.2, 0.25) is 0 Å². The molecule has 0 saturated carbocycles. The summed E-state index contributed by atoms with van der Waals surface area (Å²) in [4.78, 5) is 15.0. The van der Waals surface area contributed by atoms with E-state index in [2.05, 4.69) is 4.89 Å². The Hall–Kier alpha value is -1.31. The Morgan fingerprint density at radius 2 is 2.06 bits per heavy atom. The summed E-state index contributed by atoms with van der Waals surface area (Å²) in [7, 11) is 0. The lowest BCUT2D eigenvalue weighted by atomic mass is 9.86. The van der Waals surface area contributed by atoms with Gasteiger partial charge in [0.05, 0.1) is 6.61 Å². The van der Waals surface area contributed by atoms with Crippen LogP contribution < -0.4 is 0 Å². The fourth-order valence-electron chi connectivity index (χ4n) is 1.88. The maximum atomic E-state index is 11.3. The molecule has 1 aliphatic heterocycles. The molecule has 0 unspecified atom stereocenters. The van der Waals surface area contributed by atoms with Gasteiger partial charge in [-0.1, -0.05) is 13.8 Å². The third-order valence-electron chi connectivity index (χ3n) is 2.59. The van der Waals surface area contributed by atoms with Crippen LogP contribution in [0.25, 0.3) is 0 Å². The molecule has 0 radical (unpaired) electrons. The third-order valence-corrected chi connectivity index (χ3v) is 2.59. The lowest BCUT2D eigenvalue weighted by Gasteiger charge is -2.32. The second kappa shape index (κ2) is 4.91. The van der Waals surface area contributed by atoms with Gasteiger partial charge in [-0.05, 0) is 12.3 Å². The van der Waals surface area contributed by atoms with Crippen LogP contribution in [0.4, 0.5) is 0 Å². The number of aliphatic hydroxyl groups excluding tert-OH is 3. The van der Waals surface area contributed by atoms with Gasteiger partial charge in [0, 0.05) is 0 Å². The summed E-state index contributed by atoms with van der Waals surface area (Å²) in [6.45, 7) is 2.86. The van der Waals surface area contributed by atoms with Crippen molar-refractivity contribution in [1.82, 2.24) is 0 Å². The summed E-state index contributed by atoms with van der Waals surface area (Å²) >= 11 is 0. The molecule has 17 heavy (non-hydrogen) atoms. The highest BCUT2D eigenvalue weighted by molar-refractivity contribution is 5.90. The average Bonchev–Trinajstić information content (AvgIpc) is 2.49. The van der Waals surface area contributed by atoms with Crippen molar-refractivity contribution in [2.75, 3.05) is 6.61 Å². The van der Waals surface area contributed by atoms with E-state index >= 15 is 0 Å². The second-order valence-electron chi connectivity index (χ2n) is 4.34. The predicted octanol–water partition coefficient (Wildman–Crippen LogP) is -0.0595. The number of hydrogen-bond acceptors (Lipinski definition) is 7. The SMILES string of the molecule is CC(C)C[C@]1([C@@H](O)CO)OC(=O)C(OO)=C1O. The van der Waals surface area contributed by atoms with Crippen LogP contribution in [0.5, 0.6) is 0 Å². The monoisotopic (exact) mass is 248 g/mol. The molecule has 98 valence electrons. The van der Waals surface area contributed by atoms with Gasteiger partial charge in [-0.15, -0.1) is 0 Å². The fourth-order valence-corrected chi connectivity index (χ4v) is 1.88. The van der Waals surface area contributed by atoms with E-state index in [0.29, 0.717) is 0 Å². The van der Waals surface area contributed by atoms with Crippen molar-refractivity contribution in [3.8, 4) is 0 Å². The molecule has 0 aromatic carbocycles. The van der Waals surface area contributed by atoms with Gasteiger partial charge in [0.15, 0.2) is 5.76 Å². The van der Waals surface area contributed by atoms with Crippen molar-refractivity contribution in [2.45, 2.75) is 32.0 Å². The molecule has 1 rings (SSSR count). The van der Waals surface area contributed by atoms with E-state index in [4.69, 9.17) is 15.1 Å². The minimum atomic E-state index is -1.77. The first-order valence-corrected chi connectivity index (χ1v) is 5.16. The Labute approximate surface area is 97.8 Å². The van der Waals surface area contributed by atoms with E-state index in [9.17, 15) is 15.0 Å². The summed E-state index contributed by atoms with van der Waals surface area (Å²) in [5, 5.41) is 36.9. The molecule has 0 spiro atoms. The Bertz CT molecular complexity index is 336. The van der Waals surface area contributed by atoms with E-state index in [1.807, 2.05) is 0 Å². The van der Waals surface area contributed by atoms with Crippen molar-refractivity contribution in [3.05, 3.63) is 11.5 Å². The number of ether oxygens (including phenoxy) is 1. The molecule has 7 heteroatoms. The highest BCUT2D eigenvalue weighted by atomic mass is 17.1. The van der Waals surface area contributed by atoms with Crippen molar-refractivity contribution < 1.29 is 35.0 Å². The zero-order valence-electron chi connectivity index (χ0n) is 9.58. The minimum Gasteiger partial charge on any atom is -0.505 e. The molecule has 0 aromatic heterocycles. The summed E-state index contributed by atoms with van der Waals surface area (Å²) in [5.41, 5.74) is -1.77. The van der Waals surface area contributed by atoms with E-state index in [1.54, 1.807) is 13.8 Å². The maximum absolute atomic E-state index is 11.3. The Morgan fingerprint density at radius 1 is 1.47 bits per heavy atom. The van der Waals surface area contributed by atoms with Gasteiger partial charge in [0.2, 0.25) is 5.60 Å². The lowest BCUT2D eigenvalue weighted by molar-refractivity contribution is -0.211. The van der Waals surface area contributed by atoms with Gasteiger partial charge in [0.25, 0.3) is 5.76 Å². The number of hydrogen-bond donors (Lipinski definition) is 4. The molecule has 0 aliphatic carbocycles. The summed E-state index contributed by atoms with van der Waals surface area (Å²) < 4.78 is 4.87. The van der Waals surface area contributed by atoms with E-state index in [1.165, 1.54) is 0 Å². The third kappa shape index (κ3) is 2.21. The van der Waals surface area contributed by atoms with Gasteiger partial charge in [-0.25, -0.2) is 10.1 Å². The topological polar surface area (TPSA) is 116 Å². The number of aliphatic hydroxyl groups is 3. The molecule has 4 N–H and O–H groups in total. The van der Waals surface area contributed by atoms with Crippen molar-refractivity contribution >= 4 is 5.97 Å². The average molecular weight is 248 g/mol. The molecule has 0 aromatic rings. The minimum absolute atomic E-state index is 0.0378. The molecule has 0 fully saturated rings. The number of rotatable bonds is 5. The van der Waals surface area contributed by atoms with Crippen LogP contribution in [0.15, 0.2) is 11.5 Å². The van der Waals surface area contributed by atoms with Crippen molar-refractivity contribution in [1.29, 1.82) is 0 Å². The zero-order chi connectivity index (χ0) is 13.2. The molecule has 0 amide bonds. The Balaban J connectivity index is 3.18. The first-order chi connectivity index (χ1) is 7.89. The lowest BCUT2D eigenvalue weighted by Crippen LogP contribution is -2.47. The van der Waals surface area contributed by atoms with Gasteiger partial charge >= 0.3 is 5.97 Å². The van der Waals surface area contributed by atoms with Crippen LogP contribution in [0.3, 0.4) is 0 Å².